The Morgan fingerprint density at radius 2 is 1.81 bits per heavy atom. The van der Waals surface area contributed by atoms with Gasteiger partial charge in [-0.25, -0.2) is 0 Å². The number of carbonyl (C=O) groups is 2. The lowest BCUT2D eigenvalue weighted by Gasteiger charge is -2.37. The van der Waals surface area contributed by atoms with E-state index < -0.39 is 5.79 Å². The molecular formula is C14H25N3O4. The van der Waals surface area contributed by atoms with E-state index in [-0.39, 0.29) is 18.2 Å². The summed E-state index contributed by atoms with van der Waals surface area (Å²) in [6, 6.07) is 0. The molecule has 2 fully saturated rings. The van der Waals surface area contributed by atoms with Gasteiger partial charge < -0.3 is 24.6 Å². The molecule has 1 spiro atoms. The lowest BCUT2D eigenvalue weighted by molar-refractivity contribution is -0.187. The maximum Gasteiger partial charge on any atom is 0.232 e. The summed E-state index contributed by atoms with van der Waals surface area (Å²) >= 11 is 0. The number of ether oxygens (including phenoxy) is 2. The Labute approximate surface area is 125 Å². The zero-order valence-corrected chi connectivity index (χ0v) is 12.9. The van der Waals surface area contributed by atoms with E-state index in [0.717, 1.165) is 6.54 Å². The van der Waals surface area contributed by atoms with Gasteiger partial charge >= 0.3 is 0 Å². The molecule has 1 N–H and O–H groups in total. The lowest BCUT2D eigenvalue weighted by Crippen LogP contribution is -2.48. The van der Waals surface area contributed by atoms with Crippen LogP contribution in [0.5, 0.6) is 0 Å². The number of rotatable bonds is 5. The molecule has 7 heteroatoms. The lowest BCUT2D eigenvalue weighted by atomic mass is 10.0. The van der Waals surface area contributed by atoms with E-state index in [1.807, 2.05) is 19.0 Å². The third kappa shape index (κ3) is 4.66. The fourth-order valence-electron chi connectivity index (χ4n) is 2.61. The fourth-order valence-corrected chi connectivity index (χ4v) is 2.61. The Morgan fingerprint density at radius 3 is 2.38 bits per heavy atom. The first kappa shape index (κ1) is 16.2. The van der Waals surface area contributed by atoms with Crippen molar-refractivity contribution in [1.82, 2.24) is 15.1 Å². The van der Waals surface area contributed by atoms with Crippen molar-refractivity contribution in [3.05, 3.63) is 0 Å². The number of carbonyl (C=O) groups excluding carboxylic acids is 2. The first-order valence-corrected chi connectivity index (χ1v) is 7.48. The van der Waals surface area contributed by atoms with E-state index in [9.17, 15) is 9.59 Å². The van der Waals surface area contributed by atoms with Gasteiger partial charge in [-0.05, 0) is 14.1 Å². The highest BCUT2D eigenvalue weighted by atomic mass is 16.7. The van der Waals surface area contributed by atoms with Crippen molar-refractivity contribution >= 4 is 11.8 Å². The minimum atomic E-state index is -0.481. The van der Waals surface area contributed by atoms with Crippen molar-refractivity contribution in [3.63, 3.8) is 0 Å². The van der Waals surface area contributed by atoms with Crippen LogP contribution in [0.4, 0.5) is 0 Å². The van der Waals surface area contributed by atoms with Crippen LogP contribution in [0, 0.1) is 0 Å². The first-order valence-electron chi connectivity index (χ1n) is 7.48. The Bertz CT molecular complexity index is 370. The predicted molar refractivity (Wildman–Crippen MR) is 76.6 cm³/mol. The average molecular weight is 299 g/mol. The number of hydrogen-bond acceptors (Lipinski definition) is 5. The van der Waals surface area contributed by atoms with Crippen LogP contribution in [0.3, 0.4) is 0 Å². The summed E-state index contributed by atoms with van der Waals surface area (Å²) < 4.78 is 11.2. The van der Waals surface area contributed by atoms with Crippen molar-refractivity contribution in [2.24, 2.45) is 0 Å². The minimum Gasteiger partial charge on any atom is -0.354 e. The number of nitrogens with one attached hydrogen (secondary N) is 1. The summed E-state index contributed by atoms with van der Waals surface area (Å²) in [5.74, 6) is -0.814. The Hall–Kier alpha value is -1.18. The molecule has 7 nitrogen and oxygen atoms in total. The second-order valence-corrected chi connectivity index (χ2v) is 5.82. The maximum absolute atomic E-state index is 12.1. The van der Waals surface area contributed by atoms with Crippen molar-refractivity contribution in [1.29, 1.82) is 0 Å². The Morgan fingerprint density at radius 1 is 1.19 bits per heavy atom. The molecule has 21 heavy (non-hydrogen) atoms. The van der Waals surface area contributed by atoms with Gasteiger partial charge in [-0.2, -0.15) is 0 Å². The molecule has 0 bridgehead atoms. The van der Waals surface area contributed by atoms with Crippen LogP contribution in [-0.4, -0.2) is 80.9 Å². The number of likely N-dealkylation sites (tertiary alicyclic amines) is 1. The van der Waals surface area contributed by atoms with Gasteiger partial charge in [-0.15, -0.1) is 0 Å². The van der Waals surface area contributed by atoms with E-state index >= 15 is 0 Å². The van der Waals surface area contributed by atoms with Crippen LogP contribution in [0.2, 0.25) is 0 Å². The summed E-state index contributed by atoms with van der Waals surface area (Å²) in [6.45, 7) is 3.75. The highest BCUT2D eigenvalue weighted by Gasteiger charge is 2.40. The molecule has 2 rings (SSSR count). The highest BCUT2D eigenvalue weighted by molar-refractivity contribution is 5.96. The Kier molecular flexibility index (Phi) is 5.55. The third-order valence-corrected chi connectivity index (χ3v) is 3.88. The van der Waals surface area contributed by atoms with E-state index in [2.05, 4.69) is 5.32 Å². The van der Waals surface area contributed by atoms with Crippen LogP contribution in [-0.2, 0) is 19.1 Å². The van der Waals surface area contributed by atoms with Crippen LogP contribution >= 0.6 is 0 Å². The quantitative estimate of drug-likeness (QED) is 0.688. The fraction of sp³-hybridized carbons (Fsp3) is 0.857. The van der Waals surface area contributed by atoms with Gasteiger partial charge in [0.2, 0.25) is 11.8 Å². The van der Waals surface area contributed by atoms with Crippen molar-refractivity contribution in [2.75, 3.05) is 53.5 Å². The SMILES string of the molecule is CN(C)CCNC(=O)CC(=O)N1CCC2(CC1)OCCO2. The molecule has 2 heterocycles. The normalized spacial score (nSPS) is 21.0. The van der Waals surface area contributed by atoms with Gasteiger partial charge in [0.05, 0.1) is 13.2 Å². The number of nitrogens with zero attached hydrogens (tertiary/aromatic N) is 2. The number of piperidine rings is 1. The zero-order valence-electron chi connectivity index (χ0n) is 12.9. The molecule has 2 aliphatic heterocycles. The summed E-state index contributed by atoms with van der Waals surface area (Å²) in [7, 11) is 3.88. The molecule has 0 unspecified atom stereocenters. The summed E-state index contributed by atoms with van der Waals surface area (Å²) in [5, 5.41) is 2.76. The van der Waals surface area contributed by atoms with Crippen LogP contribution in [0.1, 0.15) is 19.3 Å². The van der Waals surface area contributed by atoms with E-state index in [4.69, 9.17) is 9.47 Å². The monoisotopic (exact) mass is 299 g/mol. The van der Waals surface area contributed by atoms with Gasteiger partial charge in [0.15, 0.2) is 5.79 Å². The number of likely N-dealkylation sites (N-methyl/N-ethyl adjacent to an activating group) is 1. The maximum atomic E-state index is 12.1. The molecule has 2 saturated heterocycles. The second-order valence-electron chi connectivity index (χ2n) is 5.82. The topological polar surface area (TPSA) is 71.1 Å². The molecule has 0 radical (unpaired) electrons. The van der Waals surface area contributed by atoms with Crippen LogP contribution in [0.25, 0.3) is 0 Å². The first-order chi connectivity index (χ1) is 10.0. The molecule has 0 atom stereocenters. The predicted octanol–water partition coefficient (Wildman–Crippen LogP) is -0.580. The smallest absolute Gasteiger partial charge is 0.232 e. The van der Waals surface area contributed by atoms with Crippen molar-refractivity contribution < 1.29 is 19.1 Å². The van der Waals surface area contributed by atoms with Gasteiger partial charge in [0.1, 0.15) is 6.42 Å². The molecule has 2 amide bonds. The second kappa shape index (κ2) is 7.20. The minimum absolute atomic E-state index is 0.0812. The molecular weight excluding hydrogens is 274 g/mol. The molecule has 0 aromatic heterocycles. The molecule has 0 aliphatic carbocycles. The van der Waals surface area contributed by atoms with Crippen molar-refractivity contribution in [3.8, 4) is 0 Å². The molecule has 120 valence electrons. The number of hydrogen-bond donors (Lipinski definition) is 1. The van der Waals surface area contributed by atoms with E-state index in [1.54, 1.807) is 4.90 Å². The third-order valence-electron chi connectivity index (χ3n) is 3.88. The summed E-state index contributed by atoms with van der Waals surface area (Å²) in [4.78, 5) is 27.5. The summed E-state index contributed by atoms with van der Waals surface area (Å²) in [5.41, 5.74) is 0. The van der Waals surface area contributed by atoms with Crippen LogP contribution in [0.15, 0.2) is 0 Å². The van der Waals surface area contributed by atoms with Gasteiger partial charge in [-0.1, -0.05) is 0 Å². The van der Waals surface area contributed by atoms with Crippen molar-refractivity contribution in [2.45, 2.75) is 25.0 Å². The van der Waals surface area contributed by atoms with E-state index in [1.165, 1.54) is 0 Å². The molecule has 0 aromatic carbocycles. The largest absolute Gasteiger partial charge is 0.354 e. The zero-order chi connectivity index (χ0) is 15.3. The van der Waals surface area contributed by atoms with Gasteiger partial charge in [0.25, 0.3) is 0 Å². The molecule has 0 saturated carbocycles. The van der Waals surface area contributed by atoms with Gasteiger partial charge in [-0.3, -0.25) is 9.59 Å². The average Bonchev–Trinajstić information content (AvgIpc) is 2.87. The highest BCUT2D eigenvalue weighted by Crippen LogP contribution is 2.31. The Balaban J connectivity index is 1.68. The van der Waals surface area contributed by atoms with Crippen LogP contribution < -0.4 is 5.32 Å². The van der Waals surface area contributed by atoms with Gasteiger partial charge in [0, 0.05) is 39.0 Å². The number of amides is 2. The molecule has 0 aromatic rings. The summed E-state index contributed by atoms with van der Waals surface area (Å²) in [6.07, 6.45) is 1.28. The standard InChI is InChI=1S/C14H25N3O4/c1-16(2)8-5-15-12(18)11-13(19)17-6-3-14(4-7-17)20-9-10-21-14/h3-11H2,1-2H3,(H,15,18). The van der Waals surface area contributed by atoms with E-state index in [0.29, 0.717) is 45.7 Å². The molecule has 2 aliphatic rings.